The molecule has 3 N–H and O–H groups in total. The second-order valence-corrected chi connectivity index (χ2v) is 8.08. The number of hydrogen-bond donors (Lipinski definition) is 3. The molecule has 1 aromatic rings. The molecule has 4 atom stereocenters. The van der Waals surface area contributed by atoms with Crippen LogP contribution in [-0.2, 0) is 9.53 Å². The first-order valence-corrected chi connectivity index (χ1v) is 9.67. The van der Waals surface area contributed by atoms with Gasteiger partial charge in [-0.05, 0) is 56.6 Å². The highest BCUT2D eigenvalue weighted by atomic mass is 16.5. The lowest BCUT2D eigenvalue weighted by molar-refractivity contribution is -0.149. The minimum atomic E-state index is -1.31. The summed E-state index contributed by atoms with van der Waals surface area (Å²) in [5.74, 6) is -3.06. The Bertz CT molecular complexity index is 791. The molecule has 0 heterocycles. The van der Waals surface area contributed by atoms with Crippen molar-refractivity contribution in [3.63, 3.8) is 0 Å². The SMILES string of the molecule is CC(=O)O[C@@H]1C[C@@H](C)c2c(cc(C(=O)O)c(O)c2O)[C@@H]1[C@@H](C)CCC=C(C)C. The summed E-state index contributed by atoms with van der Waals surface area (Å²) in [6.45, 7) is 9.35. The van der Waals surface area contributed by atoms with Crippen LogP contribution in [0.4, 0.5) is 0 Å². The van der Waals surface area contributed by atoms with Crippen molar-refractivity contribution in [2.24, 2.45) is 5.92 Å². The molecule has 154 valence electrons. The topological polar surface area (TPSA) is 104 Å². The zero-order valence-electron chi connectivity index (χ0n) is 17.2. The summed E-state index contributed by atoms with van der Waals surface area (Å²) in [6.07, 6.45) is 3.91. The van der Waals surface area contributed by atoms with Crippen LogP contribution in [0.2, 0.25) is 0 Å². The molecular weight excluding hydrogens is 360 g/mol. The summed E-state index contributed by atoms with van der Waals surface area (Å²) in [5.41, 5.74) is 2.07. The molecule has 28 heavy (non-hydrogen) atoms. The van der Waals surface area contributed by atoms with Crippen LogP contribution >= 0.6 is 0 Å². The number of hydrogen-bond acceptors (Lipinski definition) is 5. The molecule has 1 aromatic carbocycles. The Hall–Kier alpha value is -2.50. The number of carboxylic acid groups (broad SMARTS) is 1. The molecule has 0 unspecified atom stereocenters. The third-order valence-electron chi connectivity index (χ3n) is 5.52. The van der Waals surface area contributed by atoms with Gasteiger partial charge in [0.15, 0.2) is 11.5 Å². The van der Waals surface area contributed by atoms with Crippen LogP contribution < -0.4 is 0 Å². The summed E-state index contributed by atoms with van der Waals surface area (Å²) in [4.78, 5) is 23.2. The van der Waals surface area contributed by atoms with Gasteiger partial charge >= 0.3 is 11.9 Å². The third-order valence-corrected chi connectivity index (χ3v) is 5.52. The number of aromatic hydroxyl groups is 2. The summed E-state index contributed by atoms with van der Waals surface area (Å²) >= 11 is 0. The number of esters is 1. The number of carboxylic acids is 1. The van der Waals surface area contributed by atoms with E-state index in [-0.39, 0.29) is 35.0 Å². The van der Waals surface area contributed by atoms with Crippen molar-refractivity contribution in [2.45, 2.75) is 71.8 Å². The molecule has 0 bridgehead atoms. The van der Waals surface area contributed by atoms with Crippen LogP contribution in [0.3, 0.4) is 0 Å². The molecule has 0 saturated carbocycles. The lowest BCUT2D eigenvalue weighted by atomic mass is 9.69. The molecule has 0 spiro atoms. The fraction of sp³-hybridized carbons (Fsp3) is 0.545. The Balaban J connectivity index is 2.57. The molecule has 6 heteroatoms. The zero-order valence-corrected chi connectivity index (χ0v) is 17.2. The molecule has 0 aromatic heterocycles. The number of rotatable bonds is 6. The minimum absolute atomic E-state index is 0.0804. The fourth-order valence-electron chi connectivity index (χ4n) is 4.29. The molecule has 1 aliphatic carbocycles. The summed E-state index contributed by atoms with van der Waals surface area (Å²) in [6, 6.07) is 1.43. The van der Waals surface area contributed by atoms with Gasteiger partial charge in [0.05, 0.1) is 0 Å². The van der Waals surface area contributed by atoms with E-state index in [0.717, 1.165) is 12.8 Å². The molecule has 0 saturated heterocycles. The van der Waals surface area contributed by atoms with Gasteiger partial charge in [-0.3, -0.25) is 4.79 Å². The number of fused-ring (bicyclic) bond motifs is 1. The average Bonchev–Trinajstić information content (AvgIpc) is 2.56. The van der Waals surface area contributed by atoms with E-state index in [1.54, 1.807) is 0 Å². The highest BCUT2D eigenvalue weighted by Crippen LogP contribution is 2.51. The number of phenols is 2. The molecule has 0 radical (unpaired) electrons. The Morgan fingerprint density at radius 1 is 1.25 bits per heavy atom. The number of benzene rings is 1. The van der Waals surface area contributed by atoms with Gasteiger partial charge < -0.3 is 20.1 Å². The van der Waals surface area contributed by atoms with Crippen molar-refractivity contribution in [3.05, 3.63) is 34.4 Å². The highest BCUT2D eigenvalue weighted by molar-refractivity contribution is 5.92. The predicted octanol–water partition coefficient (Wildman–Crippen LogP) is 4.70. The van der Waals surface area contributed by atoms with Gasteiger partial charge in [0, 0.05) is 18.4 Å². The predicted molar refractivity (Wildman–Crippen MR) is 106 cm³/mol. The quantitative estimate of drug-likeness (QED) is 0.369. The average molecular weight is 390 g/mol. The van der Waals surface area contributed by atoms with E-state index in [0.29, 0.717) is 17.5 Å². The van der Waals surface area contributed by atoms with Crippen molar-refractivity contribution < 1.29 is 29.6 Å². The minimum Gasteiger partial charge on any atom is -0.504 e. The van der Waals surface area contributed by atoms with Crippen LogP contribution in [0.25, 0.3) is 0 Å². The number of ether oxygens (including phenoxy) is 1. The van der Waals surface area contributed by atoms with Gasteiger partial charge in [-0.1, -0.05) is 25.5 Å². The largest absolute Gasteiger partial charge is 0.504 e. The molecule has 6 nitrogen and oxygen atoms in total. The molecule has 0 aliphatic heterocycles. The molecular formula is C22H30O6. The molecule has 1 aliphatic rings. The maximum absolute atomic E-state index is 11.7. The van der Waals surface area contributed by atoms with E-state index >= 15 is 0 Å². The first kappa shape index (κ1) is 21.8. The lowest BCUT2D eigenvalue weighted by Gasteiger charge is -2.40. The second kappa shape index (κ2) is 8.67. The van der Waals surface area contributed by atoms with Crippen LogP contribution in [0, 0.1) is 5.92 Å². The van der Waals surface area contributed by atoms with E-state index in [4.69, 9.17) is 4.74 Å². The van der Waals surface area contributed by atoms with Gasteiger partial charge in [0.1, 0.15) is 11.7 Å². The van der Waals surface area contributed by atoms with Gasteiger partial charge in [0.2, 0.25) is 0 Å². The van der Waals surface area contributed by atoms with E-state index in [1.807, 2.05) is 27.7 Å². The molecule has 0 fully saturated rings. The first-order chi connectivity index (χ1) is 13.0. The van der Waals surface area contributed by atoms with Crippen molar-refractivity contribution in [1.29, 1.82) is 0 Å². The standard InChI is InChI=1S/C22H30O6/c1-11(2)7-6-8-12(3)18-15-10-16(22(26)27)20(24)21(25)19(15)13(4)9-17(18)28-14(5)23/h7,10,12-13,17-18,24-25H,6,8-9H2,1-5H3,(H,26,27)/t12-,13+,17+,18-/m0/s1. The van der Waals surface area contributed by atoms with Crippen LogP contribution in [0.5, 0.6) is 11.5 Å². The number of carbonyl (C=O) groups excluding carboxylic acids is 1. The third kappa shape index (κ3) is 4.49. The van der Waals surface area contributed by atoms with Gasteiger partial charge in [0.25, 0.3) is 0 Å². The number of carbonyl (C=O) groups is 2. The zero-order chi connectivity index (χ0) is 21.2. The first-order valence-electron chi connectivity index (χ1n) is 9.67. The van der Waals surface area contributed by atoms with E-state index in [9.17, 15) is 24.9 Å². The summed E-state index contributed by atoms with van der Waals surface area (Å²) in [5, 5.41) is 30.1. The number of allylic oxidation sites excluding steroid dienone is 2. The Kier molecular flexibility index (Phi) is 6.75. The summed E-state index contributed by atoms with van der Waals surface area (Å²) < 4.78 is 5.60. The Labute approximate surface area is 165 Å². The smallest absolute Gasteiger partial charge is 0.339 e. The maximum Gasteiger partial charge on any atom is 0.339 e. The van der Waals surface area contributed by atoms with E-state index < -0.39 is 17.8 Å². The van der Waals surface area contributed by atoms with Gasteiger partial charge in [-0.25, -0.2) is 4.79 Å². The normalized spacial score (nSPS) is 22.1. The van der Waals surface area contributed by atoms with Crippen molar-refractivity contribution >= 4 is 11.9 Å². The van der Waals surface area contributed by atoms with Crippen LogP contribution in [0.15, 0.2) is 17.7 Å². The van der Waals surface area contributed by atoms with Gasteiger partial charge in [-0.2, -0.15) is 0 Å². The van der Waals surface area contributed by atoms with Crippen LogP contribution in [-0.4, -0.2) is 33.4 Å². The van der Waals surface area contributed by atoms with Crippen LogP contribution in [0.1, 0.15) is 87.2 Å². The molecule has 0 amide bonds. The fourth-order valence-corrected chi connectivity index (χ4v) is 4.29. The second-order valence-electron chi connectivity index (χ2n) is 8.08. The Morgan fingerprint density at radius 2 is 1.89 bits per heavy atom. The molecule has 2 rings (SSSR count). The van der Waals surface area contributed by atoms with Crippen molar-refractivity contribution in [2.75, 3.05) is 0 Å². The number of phenolic OH excluding ortho intramolecular Hbond substituents is 1. The Morgan fingerprint density at radius 3 is 2.43 bits per heavy atom. The lowest BCUT2D eigenvalue weighted by Crippen LogP contribution is -2.35. The monoisotopic (exact) mass is 390 g/mol. The number of aromatic carboxylic acids is 1. The maximum atomic E-state index is 11.7. The summed E-state index contributed by atoms with van der Waals surface area (Å²) in [7, 11) is 0. The highest BCUT2D eigenvalue weighted by Gasteiger charge is 2.41. The van der Waals surface area contributed by atoms with Crippen molar-refractivity contribution in [3.8, 4) is 11.5 Å². The van der Waals surface area contributed by atoms with E-state index in [2.05, 4.69) is 6.08 Å². The van der Waals surface area contributed by atoms with Gasteiger partial charge in [-0.15, -0.1) is 0 Å². The van der Waals surface area contributed by atoms with E-state index in [1.165, 1.54) is 18.6 Å². The van der Waals surface area contributed by atoms with Crippen molar-refractivity contribution in [1.82, 2.24) is 0 Å².